The molecule has 0 radical (unpaired) electrons. The molecular weight excluding hydrogens is 346 g/mol. The average molecular weight is 384 g/mol. The summed E-state index contributed by atoms with van der Waals surface area (Å²) in [4.78, 5) is 15.0. The minimum absolute atomic E-state index is 0.0581. The Kier molecular flexibility index (Phi) is 5.57. The van der Waals surface area contributed by atoms with E-state index in [0.717, 1.165) is 70.1 Å². The van der Waals surface area contributed by atoms with Gasteiger partial charge in [0.05, 0.1) is 0 Å². The van der Waals surface area contributed by atoms with Crippen LogP contribution in [0, 0.1) is 17.3 Å². The minimum atomic E-state index is -0.0581. The van der Waals surface area contributed by atoms with Gasteiger partial charge in [0.1, 0.15) is 11.5 Å². The maximum Gasteiger partial charge on any atom is 0.139 e. The van der Waals surface area contributed by atoms with Gasteiger partial charge in [-0.3, -0.25) is 9.69 Å². The molecule has 4 atom stereocenters. The van der Waals surface area contributed by atoms with Gasteiger partial charge < -0.3 is 5.11 Å². The minimum Gasteiger partial charge on any atom is -0.508 e. The SMILES string of the molecule is CCCN(CCC)Cc1cc2c(cc1O)CC[C@@H]1[C@@H]2CC[C@]2(C)C(=O)CC[C@@H]12. The fourth-order valence-electron chi connectivity index (χ4n) is 6.70. The van der Waals surface area contributed by atoms with Crippen LogP contribution in [0.5, 0.6) is 5.75 Å². The number of hydrogen-bond donors (Lipinski definition) is 1. The second kappa shape index (κ2) is 7.82. The molecule has 3 aliphatic rings. The Labute approximate surface area is 170 Å². The molecule has 1 aromatic carbocycles. The lowest BCUT2D eigenvalue weighted by Crippen LogP contribution is -2.42. The predicted molar refractivity (Wildman–Crippen MR) is 114 cm³/mol. The molecule has 1 N–H and O–H groups in total. The molecule has 3 aliphatic carbocycles. The van der Waals surface area contributed by atoms with Gasteiger partial charge in [0.2, 0.25) is 0 Å². The number of fused-ring (bicyclic) bond motifs is 5. The van der Waals surface area contributed by atoms with Gasteiger partial charge in [0.25, 0.3) is 0 Å². The number of carbonyl (C=O) groups is 1. The highest BCUT2D eigenvalue weighted by molar-refractivity contribution is 5.87. The Balaban J connectivity index is 1.62. The van der Waals surface area contributed by atoms with Crippen molar-refractivity contribution in [3.63, 3.8) is 0 Å². The van der Waals surface area contributed by atoms with E-state index in [2.05, 4.69) is 37.8 Å². The zero-order valence-electron chi connectivity index (χ0n) is 18.0. The Morgan fingerprint density at radius 2 is 1.86 bits per heavy atom. The van der Waals surface area contributed by atoms with Gasteiger partial charge >= 0.3 is 0 Å². The molecule has 0 unspecified atom stereocenters. The molecule has 0 heterocycles. The maximum atomic E-state index is 12.6. The number of ketones is 1. The second-order valence-electron chi connectivity index (χ2n) is 9.79. The van der Waals surface area contributed by atoms with Gasteiger partial charge in [-0.25, -0.2) is 0 Å². The normalized spacial score (nSPS) is 31.6. The summed E-state index contributed by atoms with van der Waals surface area (Å²) in [5.41, 5.74) is 3.88. The Morgan fingerprint density at radius 1 is 1.11 bits per heavy atom. The number of aryl methyl sites for hydroxylation is 1. The Hall–Kier alpha value is -1.35. The number of hydrogen-bond acceptors (Lipinski definition) is 3. The Morgan fingerprint density at radius 3 is 2.57 bits per heavy atom. The molecule has 0 aliphatic heterocycles. The van der Waals surface area contributed by atoms with E-state index in [-0.39, 0.29) is 5.41 Å². The highest BCUT2D eigenvalue weighted by Crippen LogP contribution is 2.59. The van der Waals surface area contributed by atoms with Gasteiger partial charge in [0.15, 0.2) is 0 Å². The van der Waals surface area contributed by atoms with Crippen molar-refractivity contribution in [3.8, 4) is 5.75 Å². The third kappa shape index (κ3) is 3.30. The van der Waals surface area contributed by atoms with Gasteiger partial charge in [-0.15, -0.1) is 0 Å². The molecule has 1 aromatic rings. The highest BCUT2D eigenvalue weighted by atomic mass is 16.3. The van der Waals surface area contributed by atoms with Crippen LogP contribution in [0.25, 0.3) is 0 Å². The zero-order valence-corrected chi connectivity index (χ0v) is 18.0. The molecule has 2 saturated carbocycles. The van der Waals surface area contributed by atoms with Gasteiger partial charge in [0, 0.05) is 23.9 Å². The third-order valence-corrected chi connectivity index (χ3v) is 8.11. The number of Topliss-reactive ketones (excluding diaryl/α,β-unsaturated/α-hetero) is 1. The maximum absolute atomic E-state index is 12.6. The number of nitrogens with zero attached hydrogens (tertiary/aromatic N) is 1. The lowest BCUT2D eigenvalue weighted by atomic mass is 9.55. The smallest absolute Gasteiger partial charge is 0.139 e. The van der Waals surface area contributed by atoms with Crippen molar-refractivity contribution in [2.45, 2.75) is 84.6 Å². The lowest BCUT2D eigenvalue weighted by molar-refractivity contribution is -0.129. The summed E-state index contributed by atoms with van der Waals surface area (Å²) >= 11 is 0. The van der Waals surface area contributed by atoms with Crippen LogP contribution in [0.3, 0.4) is 0 Å². The van der Waals surface area contributed by atoms with Crippen molar-refractivity contribution in [1.29, 1.82) is 0 Å². The summed E-state index contributed by atoms with van der Waals surface area (Å²) in [5, 5.41) is 10.7. The molecule has 4 rings (SSSR count). The molecule has 3 nitrogen and oxygen atoms in total. The number of aromatic hydroxyl groups is 1. The largest absolute Gasteiger partial charge is 0.508 e. The fraction of sp³-hybridized carbons (Fsp3) is 0.720. The van der Waals surface area contributed by atoms with Crippen LogP contribution >= 0.6 is 0 Å². The van der Waals surface area contributed by atoms with Gasteiger partial charge in [-0.1, -0.05) is 26.8 Å². The molecule has 0 spiro atoms. The molecule has 3 heteroatoms. The van der Waals surface area contributed by atoms with Crippen LogP contribution in [0.4, 0.5) is 0 Å². The molecule has 0 amide bonds. The number of carbonyl (C=O) groups excluding carboxylic acids is 1. The molecule has 0 aromatic heterocycles. The first-order chi connectivity index (χ1) is 13.5. The van der Waals surface area contributed by atoms with Crippen LogP contribution in [0.1, 0.15) is 88.3 Å². The third-order valence-electron chi connectivity index (χ3n) is 8.11. The molecule has 0 bridgehead atoms. The zero-order chi connectivity index (χ0) is 19.9. The molecular formula is C25H37NO2. The summed E-state index contributed by atoms with van der Waals surface area (Å²) in [6, 6.07) is 4.39. The Bertz CT molecular complexity index is 736. The van der Waals surface area contributed by atoms with E-state index < -0.39 is 0 Å². The standard InChI is InChI=1S/C25H37NO2/c1-4-12-26(13-5-2)16-18-14-21-17(15-23(18)27)6-7-20-19(21)10-11-25(3)22(20)8-9-24(25)28/h14-15,19-20,22,27H,4-13,16H2,1-3H3/t19-,20+,22-,25-/m0/s1. The van der Waals surface area contributed by atoms with Crippen LogP contribution in [0.2, 0.25) is 0 Å². The van der Waals surface area contributed by atoms with Crippen LogP contribution in [-0.2, 0) is 17.8 Å². The quantitative estimate of drug-likeness (QED) is 0.711. The van der Waals surface area contributed by atoms with Crippen molar-refractivity contribution >= 4 is 5.78 Å². The molecule has 28 heavy (non-hydrogen) atoms. The van der Waals surface area contributed by atoms with Gasteiger partial charge in [-0.2, -0.15) is 0 Å². The van der Waals surface area contributed by atoms with E-state index in [0.29, 0.717) is 29.3 Å². The molecule has 2 fully saturated rings. The molecule has 154 valence electrons. The predicted octanol–water partition coefficient (Wildman–Crippen LogP) is 5.44. The van der Waals surface area contributed by atoms with E-state index >= 15 is 0 Å². The summed E-state index contributed by atoms with van der Waals surface area (Å²) in [6.45, 7) is 9.70. The summed E-state index contributed by atoms with van der Waals surface area (Å²) < 4.78 is 0. The number of rotatable bonds is 6. The first-order valence-electron chi connectivity index (χ1n) is 11.6. The average Bonchev–Trinajstić information content (AvgIpc) is 2.98. The van der Waals surface area contributed by atoms with Crippen molar-refractivity contribution in [2.24, 2.45) is 17.3 Å². The summed E-state index contributed by atoms with van der Waals surface area (Å²) in [6.07, 6.45) is 8.59. The van der Waals surface area contributed by atoms with Crippen molar-refractivity contribution < 1.29 is 9.90 Å². The van der Waals surface area contributed by atoms with E-state index in [1.54, 1.807) is 0 Å². The number of benzene rings is 1. The topological polar surface area (TPSA) is 40.5 Å². The number of phenolic OH excluding ortho intramolecular Hbond substituents is 1. The van der Waals surface area contributed by atoms with E-state index in [9.17, 15) is 9.90 Å². The highest BCUT2D eigenvalue weighted by Gasteiger charge is 2.54. The fourth-order valence-corrected chi connectivity index (χ4v) is 6.70. The molecule has 0 saturated heterocycles. The van der Waals surface area contributed by atoms with Crippen LogP contribution < -0.4 is 0 Å². The summed E-state index contributed by atoms with van der Waals surface area (Å²) in [5.74, 6) is 2.80. The first-order valence-corrected chi connectivity index (χ1v) is 11.6. The monoisotopic (exact) mass is 383 g/mol. The number of phenols is 1. The van der Waals surface area contributed by atoms with E-state index in [1.165, 1.54) is 17.5 Å². The van der Waals surface area contributed by atoms with Crippen molar-refractivity contribution in [1.82, 2.24) is 4.90 Å². The van der Waals surface area contributed by atoms with Crippen molar-refractivity contribution in [2.75, 3.05) is 13.1 Å². The first kappa shape index (κ1) is 19.9. The van der Waals surface area contributed by atoms with E-state index in [1.807, 2.05) is 0 Å². The van der Waals surface area contributed by atoms with Crippen LogP contribution in [0.15, 0.2) is 12.1 Å². The van der Waals surface area contributed by atoms with Gasteiger partial charge in [-0.05, 0) is 93.0 Å². The lowest BCUT2D eigenvalue weighted by Gasteiger charge is -2.48. The van der Waals surface area contributed by atoms with E-state index in [4.69, 9.17) is 0 Å². The van der Waals surface area contributed by atoms with Crippen molar-refractivity contribution in [3.05, 3.63) is 28.8 Å². The second-order valence-corrected chi connectivity index (χ2v) is 9.79. The summed E-state index contributed by atoms with van der Waals surface area (Å²) in [7, 11) is 0. The van der Waals surface area contributed by atoms with Crippen LogP contribution in [-0.4, -0.2) is 28.9 Å².